The number of benzene rings is 2. The first-order chi connectivity index (χ1) is 12.1. The Balaban J connectivity index is 1.68. The highest BCUT2D eigenvalue weighted by molar-refractivity contribution is 5.79. The summed E-state index contributed by atoms with van der Waals surface area (Å²) in [7, 11) is 3.78. The predicted molar refractivity (Wildman–Crippen MR) is 97.6 cm³/mol. The van der Waals surface area contributed by atoms with Gasteiger partial charge in [0.25, 0.3) is 0 Å². The number of carbonyl (C=O) groups excluding carboxylic acids is 1. The number of aliphatic hydroxyl groups excluding tert-OH is 1. The van der Waals surface area contributed by atoms with Crippen LogP contribution in [0.25, 0.3) is 11.1 Å². The monoisotopic (exact) mass is 340 g/mol. The third-order valence-corrected chi connectivity index (χ3v) is 4.47. The van der Waals surface area contributed by atoms with Gasteiger partial charge in [-0.3, -0.25) is 0 Å². The van der Waals surface area contributed by atoms with E-state index in [2.05, 4.69) is 29.6 Å². The second-order valence-corrected chi connectivity index (χ2v) is 6.61. The molecule has 0 saturated heterocycles. The van der Waals surface area contributed by atoms with Crippen molar-refractivity contribution in [3.8, 4) is 11.1 Å². The average Bonchev–Trinajstić information content (AvgIpc) is 2.93. The van der Waals surface area contributed by atoms with E-state index in [1.54, 1.807) is 0 Å². The smallest absolute Gasteiger partial charge is 0.407 e. The number of alkyl carbamates (subject to hydrolysis) is 1. The molecule has 2 aromatic rings. The predicted octanol–water partition coefficient (Wildman–Crippen LogP) is 2.45. The second kappa shape index (κ2) is 7.68. The van der Waals surface area contributed by atoms with Crippen LogP contribution in [0.2, 0.25) is 0 Å². The zero-order chi connectivity index (χ0) is 17.8. The number of hydrogen-bond donors (Lipinski definition) is 2. The van der Waals surface area contributed by atoms with Gasteiger partial charge >= 0.3 is 6.09 Å². The molecule has 0 aliphatic heterocycles. The quantitative estimate of drug-likeness (QED) is 0.848. The van der Waals surface area contributed by atoms with Crippen molar-refractivity contribution in [2.24, 2.45) is 0 Å². The Kier molecular flexibility index (Phi) is 5.36. The van der Waals surface area contributed by atoms with E-state index in [1.807, 2.05) is 43.3 Å². The van der Waals surface area contributed by atoms with Crippen LogP contribution in [-0.4, -0.2) is 56.0 Å². The number of likely N-dealkylation sites (N-methyl/N-ethyl adjacent to an activating group) is 1. The number of amides is 1. The summed E-state index contributed by atoms with van der Waals surface area (Å²) in [6.07, 6.45) is -0.497. The number of carbonyl (C=O) groups is 1. The average molecular weight is 340 g/mol. The van der Waals surface area contributed by atoms with Crippen LogP contribution in [0.4, 0.5) is 4.79 Å². The maximum absolute atomic E-state index is 12.1. The first kappa shape index (κ1) is 17.5. The van der Waals surface area contributed by atoms with Crippen molar-refractivity contribution in [2.45, 2.75) is 12.0 Å². The van der Waals surface area contributed by atoms with Crippen molar-refractivity contribution in [1.82, 2.24) is 10.2 Å². The van der Waals surface area contributed by atoms with Gasteiger partial charge in [0.2, 0.25) is 0 Å². The summed E-state index contributed by atoms with van der Waals surface area (Å²) in [6.45, 7) is 0.711. The molecule has 0 aromatic heterocycles. The molecule has 0 heterocycles. The fraction of sp³-hybridized carbons (Fsp3) is 0.350. The lowest BCUT2D eigenvalue weighted by atomic mass is 9.98. The molecule has 5 nitrogen and oxygen atoms in total. The zero-order valence-corrected chi connectivity index (χ0v) is 14.6. The molecule has 0 saturated carbocycles. The molecule has 1 aliphatic carbocycles. The topological polar surface area (TPSA) is 61.8 Å². The second-order valence-electron chi connectivity index (χ2n) is 6.61. The summed E-state index contributed by atoms with van der Waals surface area (Å²) in [5.74, 6) is 0.0413. The van der Waals surface area contributed by atoms with Crippen molar-refractivity contribution in [3.63, 3.8) is 0 Å². The summed E-state index contributed by atoms with van der Waals surface area (Å²) in [4.78, 5) is 14.0. The van der Waals surface area contributed by atoms with E-state index in [-0.39, 0.29) is 25.2 Å². The fourth-order valence-corrected chi connectivity index (χ4v) is 3.40. The molecule has 1 aliphatic rings. The van der Waals surface area contributed by atoms with Crippen molar-refractivity contribution >= 4 is 6.09 Å². The highest BCUT2D eigenvalue weighted by Crippen LogP contribution is 2.44. The molecule has 2 N–H and O–H groups in total. The molecule has 2 aromatic carbocycles. The number of fused-ring (bicyclic) bond motifs is 3. The summed E-state index contributed by atoms with van der Waals surface area (Å²) >= 11 is 0. The number of ether oxygens (including phenoxy) is 1. The van der Waals surface area contributed by atoms with E-state index in [4.69, 9.17) is 4.74 Å². The van der Waals surface area contributed by atoms with Crippen LogP contribution in [0, 0.1) is 0 Å². The van der Waals surface area contributed by atoms with Gasteiger partial charge in [0.15, 0.2) is 0 Å². The lowest BCUT2D eigenvalue weighted by Crippen LogP contribution is -2.44. The Bertz CT molecular complexity index is 700. The number of aliphatic hydroxyl groups is 1. The summed E-state index contributed by atoms with van der Waals surface area (Å²) in [5, 5.41) is 12.1. The van der Waals surface area contributed by atoms with Gasteiger partial charge in [-0.25, -0.2) is 4.79 Å². The molecular formula is C20H24N2O3. The number of nitrogens with one attached hydrogen (secondary N) is 1. The third kappa shape index (κ3) is 3.83. The molecule has 0 spiro atoms. The minimum atomic E-state index is -0.497. The molecule has 132 valence electrons. The molecule has 0 radical (unpaired) electrons. The summed E-state index contributed by atoms with van der Waals surface area (Å²) in [6, 6.07) is 16.1. The van der Waals surface area contributed by atoms with E-state index in [0.717, 1.165) is 0 Å². The fourth-order valence-electron chi connectivity index (χ4n) is 3.40. The molecule has 25 heavy (non-hydrogen) atoms. The van der Waals surface area contributed by atoms with E-state index >= 15 is 0 Å². The van der Waals surface area contributed by atoms with Crippen LogP contribution < -0.4 is 5.32 Å². The number of hydrogen-bond acceptors (Lipinski definition) is 4. The first-order valence-corrected chi connectivity index (χ1v) is 8.47. The maximum Gasteiger partial charge on any atom is 0.407 e. The largest absolute Gasteiger partial charge is 0.449 e. The molecule has 3 rings (SSSR count). The Morgan fingerprint density at radius 2 is 1.68 bits per heavy atom. The van der Waals surface area contributed by atoms with Gasteiger partial charge in [-0.2, -0.15) is 0 Å². The van der Waals surface area contributed by atoms with E-state index < -0.39 is 6.09 Å². The Morgan fingerprint density at radius 1 is 1.12 bits per heavy atom. The van der Waals surface area contributed by atoms with Crippen LogP contribution in [-0.2, 0) is 4.74 Å². The lowest BCUT2D eigenvalue weighted by molar-refractivity contribution is 0.128. The van der Waals surface area contributed by atoms with Crippen molar-refractivity contribution in [1.29, 1.82) is 0 Å². The van der Waals surface area contributed by atoms with Crippen molar-refractivity contribution < 1.29 is 14.6 Å². The van der Waals surface area contributed by atoms with Gasteiger partial charge in [-0.05, 0) is 36.3 Å². The van der Waals surface area contributed by atoms with Gasteiger partial charge in [-0.15, -0.1) is 0 Å². The SMILES string of the molecule is CN(C)C[C@@H](CO)NC(=O)OCC1c2ccccc2-c2ccccc21. The van der Waals surface area contributed by atoms with Gasteiger partial charge in [0.1, 0.15) is 6.61 Å². The van der Waals surface area contributed by atoms with E-state index in [1.165, 1.54) is 22.3 Å². The molecule has 1 atom stereocenters. The van der Waals surface area contributed by atoms with Gasteiger partial charge in [0, 0.05) is 12.5 Å². The third-order valence-electron chi connectivity index (χ3n) is 4.47. The van der Waals surface area contributed by atoms with Crippen LogP contribution in [0.3, 0.4) is 0 Å². The zero-order valence-electron chi connectivity index (χ0n) is 14.6. The number of nitrogens with zero attached hydrogens (tertiary/aromatic N) is 1. The Labute approximate surface area is 148 Å². The van der Waals surface area contributed by atoms with E-state index in [9.17, 15) is 9.90 Å². The number of rotatable bonds is 6. The minimum absolute atomic E-state index is 0.0413. The van der Waals surface area contributed by atoms with Gasteiger partial charge in [-0.1, -0.05) is 48.5 Å². The molecule has 0 unspecified atom stereocenters. The highest BCUT2D eigenvalue weighted by Gasteiger charge is 2.29. The summed E-state index contributed by atoms with van der Waals surface area (Å²) < 4.78 is 5.47. The molecule has 1 amide bonds. The minimum Gasteiger partial charge on any atom is -0.449 e. The van der Waals surface area contributed by atoms with Crippen LogP contribution in [0.15, 0.2) is 48.5 Å². The Hall–Kier alpha value is -2.37. The van der Waals surface area contributed by atoms with E-state index in [0.29, 0.717) is 6.54 Å². The lowest BCUT2D eigenvalue weighted by Gasteiger charge is -2.21. The first-order valence-electron chi connectivity index (χ1n) is 8.47. The normalized spacial score (nSPS) is 14.1. The molecular weight excluding hydrogens is 316 g/mol. The maximum atomic E-state index is 12.1. The van der Waals surface area contributed by atoms with Crippen molar-refractivity contribution in [3.05, 3.63) is 59.7 Å². The van der Waals surface area contributed by atoms with Crippen LogP contribution in [0.1, 0.15) is 17.0 Å². The molecule has 5 heteroatoms. The van der Waals surface area contributed by atoms with Crippen molar-refractivity contribution in [2.75, 3.05) is 33.9 Å². The molecule has 0 fully saturated rings. The van der Waals surface area contributed by atoms with Crippen LogP contribution >= 0.6 is 0 Å². The standard InChI is InChI=1S/C20H24N2O3/c1-22(2)11-14(12-23)21-20(24)25-13-19-17-9-5-3-7-15(17)16-8-4-6-10-18(16)19/h3-10,14,19,23H,11-13H2,1-2H3,(H,21,24)/t14-/m0/s1. The van der Waals surface area contributed by atoms with Gasteiger partial charge < -0.3 is 20.1 Å². The van der Waals surface area contributed by atoms with Gasteiger partial charge in [0.05, 0.1) is 12.6 Å². The van der Waals surface area contributed by atoms with Crippen LogP contribution in [0.5, 0.6) is 0 Å². The summed E-state index contributed by atoms with van der Waals surface area (Å²) in [5.41, 5.74) is 4.77. The Morgan fingerprint density at radius 3 is 2.20 bits per heavy atom. The molecule has 0 bridgehead atoms. The highest BCUT2D eigenvalue weighted by atomic mass is 16.5.